The highest BCUT2D eigenvalue weighted by atomic mass is 35.5. The van der Waals surface area contributed by atoms with E-state index in [1.165, 1.54) is 48.8 Å². The Balaban J connectivity index is 0.00000147. The molecule has 0 radical (unpaired) electrons. The molecule has 2 aliphatic rings. The van der Waals surface area contributed by atoms with Gasteiger partial charge in [0.05, 0.1) is 6.61 Å². The molecular weight excluding hydrogens is 270 g/mol. The number of hydrogen-bond donors (Lipinski definition) is 1. The lowest BCUT2D eigenvalue weighted by Gasteiger charge is -2.16. The molecule has 0 heterocycles. The van der Waals surface area contributed by atoms with Gasteiger partial charge in [-0.05, 0) is 73.6 Å². The molecule has 1 aromatic rings. The SMILES string of the molecule is CCC(N)Cc1cc2c(cc1OCC1CC1)CCC2.Cl. The van der Waals surface area contributed by atoms with Crippen LogP contribution in [0, 0.1) is 5.92 Å². The van der Waals surface area contributed by atoms with Crippen molar-refractivity contribution in [3.05, 3.63) is 28.8 Å². The molecule has 2 aliphatic carbocycles. The Morgan fingerprint density at radius 1 is 1.25 bits per heavy atom. The lowest BCUT2D eigenvalue weighted by atomic mass is 9.99. The Morgan fingerprint density at radius 2 is 1.95 bits per heavy atom. The fourth-order valence-corrected chi connectivity index (χ4v) is 2.87. The molecule has 3 heteroatoms. The first kappa shape index (κ1) is 15.7. The molecule has 1 fully saturated rings. The maximum Gasteiger partial charge on any atom is 0.122 e. The van der Waals surface area contributed by atoms with Crippen molar-refractivity contribution in [2.45, 2.75) is 57.9 Å². The molecule has 20 heavy (non-hydrogen) atoms. The van der Waals surface area contributed by atoms with Gasteiger partial charge in [-0.2, -0.15) is 0 Å². The van der Waals surface area contributed by atoms with Gasteiger partial charge in [-0.3, -0.25) is 0 Å². The summed E-state index contributed by atoms with van der Waals surface area (Å²) in [6, 6.07) is 4.91. The van der Waals surface area contributed by atoms with Gasteiger partial charge in [-0.15, -0.1) is 12.4 Å². The number of halogens is 1. The van der Waals surface area contributed by atoms with E-state index in [2.05, 4.69) is 19.1 Å². The van der Waals surface area contributed by atoms with Crippen molar-refractivity contribution in [2.24, 2.45) is 11.7 Å². The lowest BCUT2D eigenvalue weighted by Crippen LogP contribution is -2.22. The highest BCUT2D eigenvalue weighted by Gasteiger charge is 2.23. The van der Waals surface area contributed by atoms with Gasteiger partial charge in [0.15, 0.2) is 0 Å². The van der Waals surface area contributed by atoms with Crippen molar-refractivity contribution in [1.82, 2.24) is 0 Å². The van der Waals surface area contributed by atoms with Crippen LogP contribution in [0.2, 0.25) is 0 Å². The van der Waals surface area contributed by atoms with Crippen LogP contribution in [0.15, 0.2) is 12.1 Å². The van der Waals surface area contributed by atoms with Crippen LogP contribution in [-0.2, 0) is 19.3 Å². The van der Waals surface area contributed by atoms with Crippen molar-refractivity contribution in [3.63, 3.8) is 0 Å². The van der Waals surface area contributed by atoms with E-state index in [4.69, 9.17) is 10.5 Å². The Bertz CT molecular complexity index is 457. The topological polar surface area (TPSA) is 35.2 Å². The second-order valence-corrected chi connectivity index (χ2v) is 6.21. The van der Waals surface area contributed by atoms with E-state index in [1.54, 1.807) is 0 Å². The lowest BCUT2D eigenvalue weighted by molar-refractivity contribution is 0.296. The molecule has 1 atom stereocenters. The molecule has 0 amide bonds. The highest BCUT2D eigenvalue weighted by molar-refractivity contribution is 5.85. The molecule has 112 valence electrons. The van der Waals surface area contributed by atoms with Crippen LogP contribution in [0.1, 0.15) is 49.3 Å². The molecule has 0 bridgehead atoms. The average Bonchev–Trinajstić information content (AvgIpc) is 3.14. The third-order valence-corrected chi connectivity index (χ3v) is 4.45. The third-order valence-electron chi connectivity index (χ3n) is 4.45. The zero-order valence-corrected chi connectivity index (χ0v) is 13.2. The zero-order valence-electron chi connectivity index (χ0n) is 12.4. The van der Waals surface area contributed by atoms with Crippen LogP contribution in [0.25, 0.3) is 0 Å². The zero-order chi connectivity index (χ0) is 13.2. The van der Waals surface area contributed by atoms with Gasteiger partial charge in [0.25, 0.3) is 0 Å². The first-order chi connectivity index (χ1) is 9.26. The summed E-state index contributed by atoms with van der Waals surface area (Å²) >= 11 is 0. The van der Waals surface area contributed by atoms with Crippen molar-refractivity contribution in [3.8, 4) is 5.75 Å². The fourth-order valence-electron chi connectivity index (χ4n) is 2.87. The molecule has 3 rings (SSSR count). The Kier molecular flexibility index (Phi) is 5.34. The van der Waals surface area contributed by atoms with E-state index >= 15 is 0 Å². The normalized spacial score (nSPS) is 18.3. The molecule has 0 aliphatic heterocycles. The number of benzene rings is 1. The third kappa shape index (κ3) is 3.67. The summed E-state index contributed by atoms with van der Waals surface area (Å²) in [4.78, 5) is 0. The Labute approximate surface area is 128 Å². The summed E-state index contributed by atoms with van der Waals surface area (Å²) in [6.45, 7) is 3.05. The van der Waals surface area contributed by atoms with E-state index in [0.29, 0.717) is 0 Å². The first-order valence-electron chi connectivity index (χ1n) is 7.79. The molecular formula is C17H26ClNO. The monoisotopic (exact) mass is 295 g/mol. The maximum atomic E-state index is 6.13. The number of ether oxygens (including phenoxy) is 1. The summed E-state index contributed by atoms with van der Waals surface area (Å²) in [5, 5.41) is 0. The number of rotatable bonds is 6. The summed E-state index contributed by atoms with van der Waals surface area (Å²) in [7, 11) is 0. The minimum Gasteiger partial charge on any atom is -0.493 e. The van der Waals surface area contributed by atoms with E-state index in [9.17, 15) is 0 Å². The standard InChI is InChI=1S/C17H25NO.ClH/c1-2-16(18)9-15-8-13-4-3-5-14(13)10-17(15)19-11-12-6-7-12;/h8,10,12,16H,2-7,9,11,18H2,1H3;1H. The van der Waals surface area contributed by atoms with Gasteiger partial charge in [0.2, 0.25) is 0 Å². The predicted octanol–water partition coefficient (Wildman–Crippen LogP) is 3.67. The number of aryl methyl sites for hydroxylation is 2. The molecule has 1 unspecified atom stereocenters. The second-order valence-electron chi connectivity index (χ2n) is 6.21. The first-order valence-corrected chi connectivity index (χ1v) is 7.79. The number of hydrogen-bond acceptors (Lipinski definition) is 2. The van der Waals surface area contributed by atoms with Gasteiger partial charge in [0, 0.05) is 6.04 Å². The van der Waals surface area contributed by atoms with Crippen molar-refractivity contribution in [1.29, 1.82) is 0 Å². The van der Waals surface area contributed by atoms with Crippen LogP contribution >= 0.6 is 12.4 Å². The van der Waals surface area contributed by atoms with Crippen molar-refractivity contribution >= 4 is 12.4 Å². The summed E-state index contributed by atoms with van der Waals surface area (Å²) in [5.41, 5.74) is 10.5. The van der Waals surface area contributed by atoms with Gasteiger partial charge in [-0.1, -0.05) is 13.0 Å². The Hall–Kier alpha value is -0.730. The molecule has 0 saturated heterocycles. The minimum absolute atomic E-state index is 0. The molecule has 1 saturated carbocycles. The summed E-state index contributed by atoms with van der Waals surface area (Å²) in [6.07, 6.45) is 8.40. The summed E-state index contributed by atoms with van der Waals surface area (Å²) in [5.74, 6) is 1.91. The van der Waals surface area contributed by atoms with Crippen LogP contribution in [0.3, 0.4) is 0 Å². The number of nitrogens with two attached hydrogens (primary N) is 1. The van der Waals surface area contributed by atoms with Gasteiger partial charge < -0.3 is 10.5 Å². The van der Waals surface area contributed by atoms with Crippen molar-refractivity contribution < 1.29 is 4.74 Å². The molecule has 0 spiro atoms. The number of fused-ring (bicyclic) bond motifs is 1. The van der Waals surface area contributed by atoms with E-state index in [0.717, 1.165) is 31.1 Å². The van der Waals surface area contributed by atoms with Gasteiger partial charge in [-0.25, -0.2) is 0 Å². The van der Waals surface area contributed by atoms with Gasteiger partial charge >= 0.3 is 0 Å². The largest absolute Gasteiger partial charge is 0.493 e. The van der Waals surface area contributed by atoms with Crippen LogP contribution in [0.5, 0.6) is 5.75 Å². The smallest absolute Gasteiger partial charge is 0.122 e. The highest BCUT2D eigenvalue weighted by Crippen LogP contribution is 2.34. The van der Waals surface area contributed by atoms with Gasteiger partial charge in [0.1, 0.15) is 5.75 Å². The molecule has 2 nitrogen and oxygen atoms in total. The fraction of sp³-hybridized carbons (Fsp3) is 0.647. The van der Waals surface area contributed by atoms with Crippen LogP contribution < -0.4 is 10.5 Å². The van der Waals surface area contributed by atoms with Crippen LogP contribution in [-0.4, -0.2) is 12.6 Å². The van der Waals surface area contributed by atoms with Crippen molar-refractivity contribution in [2.75, 3.05) is 6.61 Å². The Morgan fingerprint density at radius 3 is 2.60 bits per heavy atom. The molecule has 1 aromatic carbocycles. The summed E-state index contributed by atoms with van der Waals surface area (Å²) < 4.78 is 6.08. The van der Waals surface area contributed by atoms with E-state index in [1.807, 2.05) is 0 Å². The predicted molar refractivity (Wildman–Crippen MR) is 85.9 cm³/mol. The van der Waals surface area contributed by atoms with E-state index in [-0.39, 0.29) is 18.4 Å². The van der Waals surface area contributed by atoms with E-state index < -0.39 is 0 Å². The average molecular weight is 296 g/mol. The molecule has 0 aromatic heterocycles. The maximum absolute atomic E-state index is 6.13. The quantitative estimate of drug-likeness (QED) is 0.869. The minimum atomic E-state index is 0. The second kappa shape index (κ2) is 6.82. The van der Waals surface area contributed by atoms with Crippen LogP contribution in [0.4, 0.5) is 0 Å². The molecule has 2 N–H and O–H groups in total.